The van der Waals surface area contributed by atoms with Gasteiger partial charge in [-0.1, -0.05) is 11.6 Å². The Morgan fingerprint density at radius 2 is 1.89 bits per heavy atom. The van der Waals surface area contributed by atoms with Crippen LogP contribution in [0.3, 0.4) is 0 Å². The zero-order chi connectivity index (χ0) is 24.6. The van der Waals surface area contributed by atoms with Crippen molar-refractivity contribution in [1.82, 2.24) is 10.6 Å². The number of ketones is 1. The lowest BCUT2D eigenvalue weighted by Gasteiger charge is -2.44. The molecule has 0 bridgehead atoms. The molecule has 1 saturated heterocycles. The van der Waals surface area contributed by atoms with Crippen molar-refractivity contribution in [2.75, 3.05) is 6.54 Å². The quantitative estimate of drug-likeness (QED) is 0.444. The van der Waals surface area contributed by atoms with E-state index in [2.05, 4.69) is 10.6 Å². The van der Waals surface area contributed by atoms with Gasteiger partial charge in [-0.15, -0.1) is 12.4 Å². The summed E-state index contributed by atoms with van der Waals surface area (Å²) in [6.45, 7) is 5.69. The first-order valence-electron chi connectivity index (χ1n) is 11.1. The van der Waals surface area contributed by atoms with Crippen molar-refractivity contribution in [2.24, 2.45) is 0 Å². The predicted octanol–water partition coefficient (Wildman–Crippen LogP) is 4.41. The fourth-order valence-electron chi connectivity index (χ4n) is 4.33. The highest BCUT2D eigenvalue weighted by molar-refractivity contribution is 6.31. The average molecular weight is 525 g/mol. The van der Waals surface area contributed by atoms with Gasteiger partial charge in [0.05, 0.1) is 11.1 Å². The number of amides is 1. The van der Waals surface area contributed by atoms with Gasteiger partial charge in [0, 0.05) is 16.7 Å². The topological polar surface area (TPSA) is 93.7 Å². The molecule has 2 heterocycles. The second-order valence-electron chi connectivity index (χ2n) is 9.10. The van der Waals surface area contributed by atoms with Crippen LogP contribution in [0.15, 0.2) is 36.4 Å². The number of hydrogen-bond acceptors (Lipinski definition) is 6. The molecule has 1 fully saturated rings. The molecule has 35 heavy (non-hydrogen) atoms. The van der Waals surface area contributed by atoms with Gasteiger partial charge in [0.2, 0.25) is 0 Å². The van der Waals surface area contributed by atoms with E-state index < -0.39 is 41.5 Å². The van der Waals surface area contributed by atoms with Crippen LogP contribution < -0.4 is 15.4 Å². The van der Waals surface area contributed by atoms with Gasteiger partial charge in [0.25, 0.3) is 5.91 Å². The van der Waals surface area contributed by atoms with E-state index >= 15 is 0 Å². The Balaban J connectivity index is 0.00000342. The summed E-state index contributed by atoms with van der Waals surface area (Å²) in [4.78, 5) is 38.1. The highest BCUT2D eigenvalue weighted by atomic mass is 35.5. The SMILES string of the molecule is CC(=O)c1ccc2c(c1)[C@H](NC(=O)c1ccc(F)c(Cl)c1)[C@H](OC(=O)[C@@H]1CCCN1)C(C)(C)O2.Cl. The van der Waals surface area contributed by atoms with Crippen molar-refractivity contribution in [1.29, 1.82) is 0 Å². The fourth-order valence-corrected chi connectivity index (χ4v) is 4.51. The Morgan fingerprint density at radius 3 is 2.51 bits per heavy atom. The van der Waals surface area contributed by atoms with Crippen LogP contribution in [0.25, 0.3) is 0 Å². The number of halogens is 3. The molecule has 0 spiro atoms. The molecule has 1 amide bonds. The van der Waals surface area contributed by atoms with E-state index in [9.17, 15) is 18.8 Å². The lowest BCUT2D eigenvalue weighted by molar-refractivity contribution is -0.167. The van der Waals surface area contributed by atoms with E-state index in [0.29, 0.717) is 23.3 Å². The van der Waals surface area contributed by atoms with Crippen molar-refractivity contribution >= 4 is 41.7 Å². The van der Waals surface area contributed by atoms with Gasteiger partial charge in [-0.25, -0.2) is 4.39 Å². The molecule has 0 saturated carbocycles. The molecular weight excluding hydrogens is 498 g/mol. The number of ether oxygens (including phenoxy) is 2. The molecule has 7 nitrogen and oxygen atoms in total. The molecule has 0 unspecified atom stereocenters. The zero-order valence-corrected chi connectivity index (χ0v) is 21.1. The number of fused-ring (bicyclic) bond motifs is 1. The Hall–Kier alpha value is -2.68. The van der Waals surface area contributed by atoms with Gasteiger partial charge in [0.15, 0.2) is 11.9 Å². The van der Waals surface area contributed by atoms with Crippen LogP contribution in [0, 0.1) is 5.82 Å². The summed E-state index contributed by atoms with van der Waals surface area (Å²) < 4.78 is 25.7. The highest BCUT2D eigenvalue weighted by Crippen LogP contribution is 2.42. The second kappa shape index (κ2) is 10.5. The van der Waals surface area contributed by atoms with E-state index in [-0.39, 0.29) is 28.8 Å². The van der Waals surface area contributed by atoms with Crippen molar-refractivity contribution in [3.63, 3.8) is 0 Å². The van der Waals surface area contributed by atoms with Crippen molar-refractivity contribution in [3.05, 3.63) is 63.9 Å². The lowest BCUT2D eigenvalue weighted by Crippen LogP contribution is -2.56. The summed E-state index contributed by atoms with van der Waals surface area (Å²) in [6, 6.07) is 7.32. The van der Waals surface area contributed by atoms with Crippen LogP contribution >= 0.6 is 24.0 Å². The van der Waals surface area contributed by atoms with Crippen molar-refractivity contribution < 1.29 is 28.2 Å². The predicted molar refractivity (Wildman–Crippen MR) is 131 cm³/mol. The molecule has 2 N–H and O–H groups in total. The molecular formula is C25H27Cl2FN2O5. The number of carbonyl (C=O) groups excluding carboxylic acids is 3. The first kappa shape index (κ1) is 26.9. The summed E-state index contributed by atoms with van der Waals surface area (Å²) in [5.74, 6) is -1.31. The lowest BCUT2D eigenvalue weighted by atomic mass is 9.85. The number of esters is 1. The number of nitrogens with one attached hydrogen (secondary N) is 2. The summed E-state index contributed by atoms with van der Waals surface area (Å²) in [6.07, 6.45) is 0.612. The molecule has 0 aromatic heterocycles. The summed E-state index contributed by atoms with van der Waals surface area (Å²) >= 11 is 5.86. The maximum Gasteiger partial charge on any atom is 0.323 e. The van der Waals surface area contributed by atoms with Crippen LogP contribution in [0.2, 0.25) is 5.02 Å². The Kier molecular flexibility index (Phi) is 8.09. The van der Waals surface area contributed by atoms with Crippen molar-refractivity contribution in [3.8, 4) is 5.75 Å². The third kappa shape index (κ3) is 5.60. The summed E-state index contributed by atoms with van der Waals surface area (Å²) in [5, 5.41) is 5.82. The van der Waals surface area contributed by atoms with Gasteiger partial charge < -0.3 is 20.1 Å². The number of carbonyl (C=O) groups is 3. The molecule has 10 heteroatoms. The number of benzene rings is 2. The van der Waals surface area contributed by atoms with Gasteiger partial charge in [0.1, 0.15) is 23.2 Å². The van der Waals surface area contributed by atoms with Gasteiger partial charge >= 0.3 is 5.97 Å². The van der Waals surface area contributed by atoms with Crippen molar-refractivity contribution in [2.45, 2.75) is 57.4 Å². The largest absolute Gasteiger partial charge is 0.484 e. The number of rotatable bonds is 5. The zero-order valence-electron chi connectivity index (χ0n) is 19.5. The minimum absolute atomic E-state index is 0. The third-order valence-corrected chi connectivity index (χ3v) is 6.46. The van der Waals surface area contributed by atoms with Crippen LogP contribution in [0.5, 0.6) is 5.75 Å². The Bertz CT molecular complexity index is 1150. The second-order valence-corrected chi connectivity index (χ2v) is 9.51. The van der Waals surface area contributed by atoms with Gasteiger partial charge in [-0.3, -0.25) is 14.4 Å². The summed E-state index contributed by atoms with van der Waals surface area (Å²) in [5.41, 5.74) is 0.0687. The first-order valence-corrected chi connectivity index (χ1v) is 11.5. The molecule has 2 aromatic rings. The molecule has 188 valence electrons. The van der Waals surface area contributed by atoms with Gasteiger partial charge in [-0.05, 0) is 76.6 Å². The van der Waals surface area contributed by atoms with E-state index in [1.165, 1.54) is 19.1 Å². The summed E-state index contributed by atoms with van der Waals surface area (Å²) in [7, 11) is 0. The average Bonchev–Trinajstić information content (AvgIpc) is 3.32. The number of hydrogen-bond donors (Lipinski definition) is 2. The third-order valence-electron chi connectivity index (χ3n) is 6.17. The molecule has 3 atom stereocenters. The molecule has 2 aliphatic rings. The normalized spacial score (nSPS) is 22.3. The molecule has 0 aliphatic carbocycles. The molecule has 2 aliphatic heterocycles. The standard InChI is InChI=1S/C25H26ClFN2O5.ClH/c1-13(30)14-7-9-20-16(11-14)21(29-23(31)15-6-8-18(27)17(26)12-15)22(25(2,3)34-20)33-24(32)19-5-4-10-28-19;/h6-9,11-12,19,21-22,28H,4-5,10H2,1-3H3,(H,29,31);1H/t19-,21-,22-;/m0./s1. The molecule has 2 aromatic carbocycles. The minimum atomic E-state index is -1.00. The van der Waals surface area contributed by atoms with Crippen LogP contribution in [0.4, 0.5) is 4.39 Å². The number of Topliss-reactive ketones (excluding diaryl/α,β-unsaturated/α-hetero) is 1. The Morgan fingerprint density at radius 1 is 1.17 bits per heavy atom. The van der Waals surface area contributed by atoms with E-state index in [1.807, 2.05) is 0 Å². The first-order chi connectivity index (χ1) is 16.1. The molecule has 4 rings (SSSR count). The fraction of sp³-hybridized carbons (Fsp3) is 0.400. The maximum absolute atomic E-state index is 13.6. The highest BCUT2D eigenvalue weighted by Gasteiger charge is 2.48. The van der Waals surface area contributed by atoms with Crippen LogP contribution in [-0.2, 0) is 9.53 Å². The van der Waals surface area contributed by atoms with Crippen LogP contribution in [0.1, 0.15) is 65.9 Å². The van der Waals surface area contributed by atoms with Gasteiger partial charge in [-0.2, -0.15) is 0 Å². The molecule has 0 radical (unpaired) electrons. The minimum Gasteiger partial charge on any atom is -0.484 e. The Labute approximate surface area is 214 Å². The maximum atomic E-state index is 13.6. The van der Waals surface area contributed by atoms with Crippen LogP contribution in [-0.4, -0.2) is 42.0 Å². The van der Waals surface area contributed by atoms with E-state index in [1.54, 1.807) is 32.0 Å². The van der Waals surface area contributed by atoms with E-state index in [0.717, 1.165) is 19.0 Å². The monoisotopic (exact) mass is 524 g/mol. The van der Waals surface area contributed by atoms with E-state index in [4.69, 9.17) is 21.1 Å². The smallest absolute Gasteiger partial charge is 0.323 e.